The fourth-order valence-electron chi connectivity index (χ4n) is 2.99. The number of benzene rings is 2. The average molecular weight is 314 g/mol. The van der Waals surface area contributed by atoms with E-state index in [1.807, 2.05) is 79.7 Å². The summed E-state index contributed by atoms with van der Waals surface area (Å²) in [5.74, 6) is 0. The maximum atomic E-state index is 9.85. The van der Waals surface area contributed by atoms with Gasteiger partial charge in [-0.1, -0.05) is 72.3 Å². The van der Waals surface area contributed by atoms with E-state index in [1.54, 1.807) is 0 Å². The van der Waals surface area contributed by atoms with Gasteiger partial charge in [0.25, 0.3) is 0 Å². The van der Waals surface area contributed by atoms with Crippen LogP contribution < -0.4 is 10.6 Å². The van der Waals surface area contributed by atoms with Gasteiger partial charge in [0.05, 0.1) is 18.0 Å². The zero-order chi connectivity index (χ0) is 16.3. The Morgan fingerprint density at radius 1 is 0.913 bits per heavy atom. The van der Waals surface area contributed by atoms with Gasteiger partial charge in [-0.3, -0.25) is 0 Å². The van der Waals surface area contributed by atoms with Crippen molar-refractivity contribution < 1.29 is 0 Å². The predicted molar refractivity (Wildman–Crippen MR) is 98.1 cm³/mol. The quantitative estimate of drug-likeness (QED) is 0.606. The summed E-state index contributed by atoms with van der Waals surface area (Å²) in [5.41, 5.74) is 1.63. The van der Waals surface area contributed by atoms with E-state index in [9.17, 15) is 5.26 Å². The molecule has 0 aliphatic carbocycles. The molecule has 1 heterocycles. The first-order valence-electron chi connectivity index (χ1n) is 7.29. The summed E-state index contributed by atoms with van der Waals surface area (Å²) in [4.78, 5) is 3.85. The fourth-order valence-corrected chi connectivity index (χ4v) is 6.95. The van der Waals surface area contributed by atoms with Crippen LogP contribution in [0.15, 0.2) is 83.7 Å². The highest BCUT2D eigenvalue weighted by Gasteiger charge is 2.33. The van der Waals surface area contributed by atoms with Crippen LogP contribution in [0.2, 0.25) is 0 Å². The monoisotopic (exact) mass is 314 g/mol. The maximum Gasteiger partial charge on any atom is 0.195 e. The lowest BCUT2D eigenvalue weighted by Crippen LogP contribution is -2.23. The number of nitriles is 1. The Hall–Kier alpha value is -2.80. The van der Waals surface area contributed by atoms with Crippen LogP contribution in [0.1, 0.15) is 6.92 Å². The third kappa shape index (κ3) is 2.35. The molecule has 2 nitrogen and oxygen atoms in total. The molecule has 0 bridgehead atoms. The first-order chi connectivity index (χ1) is 11.2. The fraction of sp³-hybridized carbons (Fsp3) is 0.0500. The second-order valence-corrected chi connectivity index (χ2v) is 8.66. The van der Waals surface area contributed by atoms with Crippen molar-refractivity contribution in [3.63, 3.8) is 0 Å². The molecule has 0 fully saturated rings. The smallest absolute Gasteiger partial charge is 0.195 e. The number of hydrogen-bond donors (Lipinski definition) is 0. The Kier molecular flexibility index (Phi) is 4.03. The van der Waals surface area contributed by atoms with Crippen molar-refractivity contribution in [3.8, 4) is 6.07 Å². The maximum absolute atomic E-state index is 9.85. The highest BCUT2D eigenvalue weighted by atomic mass is 31.2. The van der Waals surface area contributed by atoms with Gasteiger partial charge in [-0.2, -0.15) is 5.26 Å². The van der Waals surface area contributed by atoms with Gasteiger partial charge in [0.1, 0.15) is 0 Å². The Morgan fingerprint density at radius 2 is 1.43 bits per heavy atom. The van der Waals surface area contributed by atoms with Crippen LogP contribution in [0.3, 0.4) is 0 Å². The highest BCUT2D eigenvalue weighted by Crippen LogP contribution is 2.56. The molecule has 2 aromatic rings. The molecule has 0 unspecified atom stereocenters. The number of nitrogens with zero attached hydrogens (tertiary/aromatic N) is 2. The summed E-state index contributed by atoms with van der Waals surface area (Å²) in [6, 6.07) is 22.3. The van der Waals surface area contributed by atoms with Gasteiger partial charge in [0.2, 0.25) is 0 Å². The van der Waals surface area contributed by atoms with Gasteiger partial charge < -0.3 is 0 Å². The zero-order valence-electron chi connectivity index (χ0n) is 12.8. The molecule has 0 saturated heterocycles. The minimum Gasteiger partial charge on any atom is -0.237 e. The molecule has 0 amide bonds. The molecule has 0 radical (unpaired) electrons. The van der Waals surface area contributed by atoms with Crippen molar-refractivity contribution in [2.75, 3.05) is 0 Å². The van der Waals surface area contributed by atoms with Crippen molar-refractivity contribution in [3.05, 3.63) is 95.1 Å². The normalized spacial score (nSPS) is 15.9. The molecule has 3 rings (SSSR count). The first kappa shape index (κ1) is 15.1. The molecule has 2 aromatic carbocycles. The zero-order valence-corrected chi connectivity index (χ0v) is 13.7. The lowest BCUT2D eigenvalue weighted by atomic mass is 10.2. The van der Waals surface area contributed by atoms with Crippen LogP contribution in [0.4, 0.5) is 0 Å². The largest absolute Gasteiger partial charge is 0.237 e. The van der Waals surface area contributed by atoms with Gasteiger partial charge in [-0.05, 0) is 23.6 Å². The van der Waals surface area contributed by atoms with Crippen molar-refractivity contribution in [2.45, 2.75) is 6.92 Å². The minimum atomic E-state index is -2.37. The molecule has 0 spiro atoms. The van der Waals surface area contributed by atoms with Gasteiger partial charge in [-0.25, -0.2) is 4.85 Å². The lowest BCUT2D eigenvalue weighted by molar-refractivity contribution is 1.48. The lowest BCUT2D eigenvalue weighted by Gasteiger charge is -2.30. The van der Waals surface area contributed by atoms with Crippen LogP contribution in [0.25, 0.3) is 4.85 Å². The standard InChI is InChI=1S/C20H15N2P/c1-16-13-19(15-21)23(20(14-16)22-2,17-9-5-3-6-10-17)18-11-7-4-8-12-18/h3-14H,1H3. The predicted octanol–water partition coefficient (Wildman–Crippen LogP) is 4.07. The Balaban J connectivity index is 2.55. The summed E-state index contributed by atoms with van der Waals surface area (Å²) in [7, 11) is 0. The van der Waals surface area contributed by atoms with Crippen LogP contribution in [0.5, 0.6) is 0 Å². The van der Waals surface area contributed by atoms with Crippen LogP contribution in [-0.4, -0.2) is 5.42 Å². The van der Waals surface area contributed by atoms with E-state index in [0.717, 1.165) is 16.2 Å². The topological polar surface area (TPSA) is 28.1 Å². The molecule has 1 aliphatic rings. The molecule has 23 heavy (non-hydrogen) atoms. The SMILES string of the molecule is [C-]#[N+]C1=P(c2ccccc2)(c2ccccc2)C(C#N)=CC(C)=C1. The molecule has 0 atom stereocenters. The molecule has 110 valence electrons. The van der Waals surface area contributed by atoms with E-state index in [2.05, 4.69) is 10.9 Å². The van der Waals surface area contributed by atoms with E-state index in [0.29, 0.717) is 10.7 Å². The minimum absolute atomic E-state index is 0.673. The molecule has 0 saturated carbocycles. The van der Waals surface area contributed by atoms with Crippen molar-refractivity contribution in [1.82, 2.24) is 0 Å². The summed E-state index contributed by atoms with van der Waals surface area (Å²) in [5, 5.41) is 12.6. The van der Waals surface area contributed by atoms with Crippen molar-refractivity contribution in [2.24, 2.45) is 0 Å². The third-order valence-corrected chi connectivity index (χ3v) is 7.96. The van der Waals surface area contributed by atoms with E-state index in [-0.39, 0.29) is 0 Å². The molecule has 3 heteroatoms. The summed E-state index contributed by atoms with van der Waals surface area (Å²) in [6.45, 7) is 7.31. The second-order valence-electron chi connectivity index (χ2n) is 5.34. The summed E-state index contributed by atoms with van der Waals surface area (Å²) >= 11 is 0. The Bertz CT molecular complexity index is 893. The van der Waals surface area contributed by atoms with Gasteiger partial charge >= 0.3 is 0 Å². The Morgan fingerprint density at radius 3 is 1.87 bits per heavy atom. The van der Waals surface area contributed by atoms with Crippen LogP contribution >= 0.6 is 6.89 Å². The molecular formula is C20H15N2P. The van der Waals surface area contributed by atoms with Crippen LogP contribution in [-0.2, 0) is 0 Å². The van der Waals surface area contributed by atoms with Gasteiger partial charge in [0.15, 0.2) is 5.42 Å². The third-order valence-electron chi connectivity index (χ3n) is 3.94. The summed E-state index contributed by atoms with van der Waals surface area (Å²) in [6.07, 6.45) is 3.87. The van der Waals surface area contributed by atoms with Crippen molar-refractivity contribution in [1.29, 1.82) is 5.26 Å². The van der Waals surface area contributed by atoms with Gasteiger partial charge in [0, 0.05) is 6.89 Å². The first-order valence-corrected chi connectivity index (χ1v) is 9.08. The van der Waals surface area contributed by atoms with Crippen molar-refractivity contribution >= 4 is 22.9 Å². The Labute approximate surface area is 136 Å². The number of hydrogen-bond acceptors (Lipinski definition) is 1. The molecule has 0 N–H and O–H groups in total. The number of allylic oxidation sites excluding steroid dienone is 3. The van der Waals surface area contributed by atoms with E-state index < -0.39 is 6.89 Å². The highest BCUT2D eigenvalue weighted by molar-refractivity contribution is 7.93. The molecule has 0 aromatic heterocycles. The second kappa shape index (κ2) is 6.13. The van der Waals surface area contributed by atoms with E-state index >= 15 is 0 Å². The number of rotatable bonds is 2. The summed E-state index contributed by atoms with van der Waals surface area (Å²) < 4.78 is 0. The van der Waals surface area contributed by atoms with Crippen LogP contribution in [0, 0.1) is 17.9 Å². The average Bonchev–Trinajstić information content (AvgIpc) is 2.62. The van der Waals surface area contributed by atoms with E-state index in [1.165, 1.54) is 0 Å². The van der Waals surface area contributed by atoms with Gasteiger partial charge in [-0.15, -0.1) is 0 Å². The molecule has 1 aliphatic heterocycles. The molecular weight excluding hydrogens is 299 g/mol. The van der Waals surface area contributed by atoms with E-state index in [4.69, 9.17) is 6.57 Å².